The average molecular weight is 705 g/mol. The first-order valence-corrected chi connectivity index (χ1v) is 21.7. The fourth-order valence-corrected chi connectivity index (χ4v) is 15.2. The quantitative estimate of drug-likeness (QED) is 0.209. The Labute approximate surface area is 302 Å². The number of sulfone groups is 1. The fourth-order valence-electron chi connectivity index (χ4n) is 14.0. The number of fused-ring (bicyclic) bond motifs is 7. The largest absolute Gasteiger partial charge is 0.478 e. The first-order chi connectivity index (χ1) is 23.5. The summed E-state index contributed by atoms with van der Waals surface area (Å²) in [6.07, 6.45) is 14.9. The SMILES string of the molecule is C=C(C)[C@@H]1CC[C@]2(NCCCN3CCS(=O)(=O)CC3)CC[C@]3(C)[C@H](CC[C@@H]4[C@@]5(C)CC=C(c6ccc(C(=O)O)cc6)C(C)(C)[C@@H]5CC[C@]43C)[C@@H]12. The number of nitrogens with zero attached hydrogens (tertiary/aromatic N) is 1. The number of carbonyl (C=O) groups is 1. The summed E-state index contributed by atoms with van der Waals surface area (Å²) in [5, 5.41) is 13.7. The molecule has 1 aromatic carbocycles. The lowest BCUT2D eigenvalue weighted by Crippen LogP contribution is -2.68. The zero-order chi connectivity index (χ0) is 35.9. The van der Waals surface area contributed by atoms with E-state index in [1.54, 1.807) is 12.1 Å². The number of aromatic carboxylic acids is 1. The molecular weight excluding hydrogens is 641 g/mol. The predicted molar refractivity (Wildman–Crippen MR) is 204 cm³/mol. The van der Waals surface area contributed by atoms with Crippen LogP contribution in [0.2, 0.25) is 0 Å². The molecule has 7 heteroatoms. The van der Waals surface area contributed by atoms with Crippen molar-refractivity contribution in [2.24, 2.45) is 51.2 Å². The molecule has 1 saturated heterocycles. The Morgan fingerprint density at radius 1 is 0.920 bits per heavy atom. The molecule has 1 aromatic rings. The second-order valence-corrected chi connectivity index (χ2v) is 21.3. The monoisotopic (exact) mass is 704 g/mol. The number of rotatable bonds is 8. The van der Waals surface area contributed by atoms with Gasteiger partial charge in [0.15, 0.2) is 9.84 Å². The minimum Gasteiger partial charge on any atom is -0.478 e. The lowest BCUT2D eigenvalue weighted by atomic mass is 9.33. The molecule has 5 aliphatic carbocycles. The van der Waals surface area contributed by atoms with Gasteiger partial charge < -0.3 is 15.3 Å². The van der Waals surface area contributed by atoms with Crippen LogP contribution in [0.3, 0.4) is 0 Å². The fraction of sp³-hybridized carbons (Fsp3) is 0.744. The van der Waals surface area contributed by atoms with E-state index in [0.29, 0.717) is 59.7 Å². The number of carboxylic acid groups (broad SMARTS) is 1. The van der Waals surface area contributed by atoms with Crippen molar-refractivity contribution < 1.29 is 18.3 Å². The zero-order valence-electron chi connectivity index (χ0n) is 31.8. The second kappa shape index (κ2) is 12.6. The Hall–Kier alpha value is -1.96. The molecular formula is C43H64N2O4S. The van der Waals surface area contributed by atoms with Crippen LogP contribution in [0, 0.1) is 51.2 Å². The van der Waals surface area contributed by atoms with Gasteiger partial charge in [0.05, 0.1) is 17.1 Å². The molecule has 1 aliphatic heterocycles. The molecule has 6 aliphatic rings. The maximum atomic E-state index is 11.9. The summed E-state index contributed by atoms with van der Waals surface area (Å²) in [4.78, 5) is 13.9. The van der Waals surface area contributed by atoms with E-state index in [0.717, 1.165) is 25.9 Å². The van der Waals surface area contributed by atoms with Crippen molar-refractivity contribution in [2.75, 3.05) is 37.7 Å². The van der Waals surface area contributed by atoms with Crippen molar-refractivity contribution in [2.45, 2.75) is 111 Å². The molecule has 0 spiro atoms. The molecule has 7 rings (SSSR count). The zero-order valence-corrected chi connectivity index (χ0v) is 32.6. The van der Waals surface area contributed by atoms with E-state index >= 15 is 0 Å². The summed E-state index contributed by atoms with van der Waals surface area (Å²) in [7, 11) is -2.84. The number of allylic oxidation sites excluding steroid dienone is 3. The van der Waals surface area contributed by atoms with E-state index in [2.05, 4.69) is 64.4 Å². The third-order valence-corrected chi connectivity index (χ3v) is 18.3. The van der Waals surface area contributed by atoms with Crippen molar-refractivity contribution in [1.29, 1.82) is 0 Å². The summed E-state index contributed by atoms with van der Waals surface area (Å²) < 4.78 is 23.9. The molecule has 9 atom stereocenters. The van der Waals surface area contributed by atoms with Crippen LogP contribution in [0.1, 0.15) is 122 Å². The Bertz CT molecular complexity index is 1630. The van der Waals surface area contributed by atoms with Crippen LogP contribution in [-0.2, 0) is 9.84 Å². The lowest BCUT2D eigenvalue weighted by molar-refractivity contribution is -0.219. The van der Waals surface area contributed by atoms with Crippen molar-refractivity contribution >= 4 is 21.4 Å². The number of hydrogen-bond donors (Lipinski definition) is 2. The van der Waals surface area contributed by atoms with E-state index in [1.165, 1.54) is 68.1 Å². The lowest BCUT2D eigenvalue weighted by Gasteiger charge is -2.72. The molecule has 0 aromatic heterocycles. The number of carboxylic acids is 1. The molecule has 1 heterocycles. The predicted octanol–water partition coefficient (Wildman–Crippen LogP) is 8.50. The van der Waals surface area contributed by atoms with Crippen LogP contribution < -0.4 is 5.32 Å². The summed E-state index contributed by atoms with van der Waals surface area (Å²) in [5.41, 5.74) is 5.32. The van der Waals surface area contributed by atoms with Gasteiger partial charge in [-0.05, 0) is 159 Å². The van der Waals surface area contributed by atoms with Gasteiger partial charge in [-0.25, -0.2) is 13.2 Å². The second-order valence-electron chi connectivity index (χ2n) is 19.0. The summed E-state index contributed by atoms with van der Waals surface area (Å²) in [6.45, 7) is 23.2. The Balaban J connectivity index is 1.12. The highest BCUT2D eigenvalue weighted by molar-refractivity contribution is 7.91. The van der Waals surface area contributed by atoms with Gasteiger partial charge in [-0.3, -0.25) is 0 Å². The van der Waals surface area contributed by atoms with Gasteiger partial charge in [-0.2, -0.15) is 0 Å². The minimum absolute atomic E-state index is 0.0153. The number of benzene rings is 1. The smallest absolute Gasteiger partial charge is 0.335 e. The van der Waals surface area contributed by atoms with Gasteiger partial charge in [0.25, 0.3) is 0 Å². The van der Waals surface area contributed by atoms with Crippen molar-refractivity contribution in [1.82, 2.24) is 10.2 Å². The Kier molecular flexibility index (Phi) is 9.16. The highest BCUT2D eigenvalue weighted by Gasteiger charge is 2.70. The van der Waals surface area contributed by atoms with Crippen LogP contribution in [0.25, 0.3) is 5.57 Å². The standard InChI is InChI=1S/C43H64N2O4S/c1-29(2)32-15-20-43(44-23-8-24-45-25-27-50(48,49)28-26-45)22-21-41(6)34(37(32)43)13-14-36-40(5)18-16-33(30-9-11-31(12-10-30)38(46)47)39(3,4)35(40)17-19-42(36,41)7/h9-12,16,32,34-37,44H,1,8,13-15,17-28H2,2-7H3,(H,46,47)/t32-,34+,35-,36+,37+,40-,41+,42+,43-/m0/s1. The average Bonchev–Trinajstić information content (AvgIpc) is 3.44. The number of hydrogen-bond acceptors (Lipinski definition) is 5. The van der Waals surface area contributed by atoms with Crippen LogP contribution in [0.15, 0.2) is 42.5 Å². The van der Waals surface area contributed by atoms with Crippen LogP contribution in [-0.4, -0.2) is 67.6 Å². The molecule has 0 radical (unpaired) electrons. The van der Waals surface area contributed by atoms with Crippen LogP contribution in [0.4, 0.5) is 0 Å². The Morgan fingerprint density at radius 3 is 2.28 bits per heavy atom. The van der Waals surface area contributed by atoms with E-state index < -0.39 is 15.8 Å². The number of nitrogens with one attached hydrogen (secondary N) is 1. The topological polar surface area (TPSA) is 86.7 Å². The van der Waals surface area contributed by atoms with Gasteiger partial charge >= 0.3 is 5.97 Å². The van der Waals surface area contributed by atoms with Gasteiger partial charge in [0.2, 0.25) is 0 Å². The highest BCUT2D eigenvalue weighted by atomic mass is 32.2. The van der Waals surface area contributed by atoms with Gasteiger partial charge in [0.1, 0.15) is 0 Å². The van der Waals surface area contributed by atoms with E-state index in [4.69, 9.17) is 0 Å². The molecule has 6 nitrogen and oxygen atoms in total. The van der Waals surface area contributed by atoms with E-state index in [9.17, 15) is 18.3 Å². The Morgan fingerprint density at radius 2 is 1.62 bits per heavy atom. The first kappa shape index (κ1) is 36.4. The van der Waals surface area contributed by atoms with Gasteiger partial charge in [-0.15, -0.1) is 0 Å². The summed E-state index contributed by atoms with van der Waals surface area (Å²) in [5.74, 6) is 2.92. The molecule has 0 unspecified atom stereocenters. The third-order valence-electron chi connectivity index (χ3n) is 16.7. The molecule has 2 N–H and O–H groups in total. The van der Waals surface area contributed by atoms with Gasteiger partial charge in [-0.1, -0.05) is 65.0 Å². The molecule has 5 fully saturated rings. The summed E-state index contributed by atoms with van der Waals surface area (Å²) >= 11 is 0. The van der Waals surface area contributed by atoms with Crippen LogP contribution >= 0.6 is 0 Å². The van der Waals surface area contributed by atoms with E-state index in [-0.39, 0.29) is 27.2 Å². The molecule has 4 saturated carbocycles. The van der Waals surface area contributed by atoms with Crippen molar-refractivity contribution in [3.63, 3.8) is 0 Å². The van der Waals surface area contributed by atoms with Gasteiger partial charge in [0, 0.05) is 18.6 Å². The third kappa shape index (κ3) is 5.61. The van der Waals surface area contributed by atoms with Crippen LogP contribution in [0.5, 0.6) is 0 Å². The molecule has 0 amide bonds. The maximum absolute atomic E-state index is 11.9. The first-order valence-electron chi connectivity index (χ1n) is 19.9. The minimum atomic E-state index is -2.84. The van der Waals surface area contributed by atoms with E-state index in [1.807, 2.05) is 12.1 Å². The normalized spacial score (nSPS) is 42.0. The molecule has 50 heavy (non-hydrogen) atoms. The van der Waals surface area contributed by atoms with Crippen molar-refractivity contribution in [3.8, 4) is 0 Å². The maximum Gasteiger partial charge on any atom is 0.335 e. The highest BCUT2D eigenvalue weighted by Crippen LogP contribution is 2.76. The molecule has 0 bridgehead atoms. The molecule has 276 valence electrons. The summed E-state index contributed by atoms with van der Waals surface area (Å²) in [6, 6.07) is 7.60. The van der Waals surface area contributed by atoms with Crippen molar-refractivity contribution in [3.05, 3.63) is 53.6 Å².